The number of nitrogens with one attached hydrogen (secondary N) is 3. The van der Waals surface area contributed by atoms with Crippen LogP contribution >= 0.6 is 0 Å². The van der Waals surface area contributed by atoms with E-state index in [0.29, 0.717) is 13.1 Å². The van der Waals surface area contributed by atoms with E-state index in [9.17, 15) is 4.79 Å². The second-order valence-electron chi connectivity index (χ2n) is 7.61. The summed E-state index contributed by atoms with van der Waals surface area (Å²) in [7, 11) is 4.11. The molecule has 0 heterocycles. The molecule has 0 saturated heterocycles. The molecule has 0 aliphatic carbocycles. The predicted molar refractivity (Wildman–Crippen MR) is 101 cm³/mol. The summed E-state index contributed by atoms with van der Waals surface area (Å²) in [5.74, 6) is 0.796. The summed E-state index contributed by atoms with van der Waals surface area (Å²) in [6, 6.07) is 0. The molecule has 0 aliphatic heterocycles. The van der Waals surface area contributed by atoms with E-state index in [1.165, 1.54) is 0 Å². The van der Waals surface area contributed by atoms with Crippen molar-refractivity contribution in [3.05, 3.63) is 0 Å². The van der Waals surface area contributed by atoms with Crippen LogP contribution < -0.4 is 16.0 Å². The van der Waals surface area contributed by atoms with Gasteiger partial charge in [-0.25, -0.2) is 4.79 Å². The Kier molecular flexibility index (Phi) is 9.73. The van der Waals surface area contributed by atoms with Gasteiger partial charge in [-0.2, -0.15) is 0 Å². The third-order valence-electron chi connectivity index (χ3n) is 3.49. The Bertz CT molecular complexity index is 400. The fourth-order valence-corrected chi connectivity index (χ4v) is 1.56. The van der Waals surface area contributed by atoms with Gasteiger partial charge in [0.2, 0.25) is 0 Å². The molecule has 0 aromatic carbocycles. The van der Waals surface area contributed by atoms with Crippen molar-refractivity contribution in [2.75, 3.05) is 40.3 Å². The summed E-state index contributed by atoms with van der Waals surface area (Å²) in [4.78, 5) is 18.3. The fourth-order valence-electron chi connectivity index (χ4n) is 1.56. The summed E-state index contributed by atoms with van der Waals surface area (Å²) in [5.41, 5.74) is -0.465. The summed E-state index contributed by atoms with van der Waals surface area (Å²) in [5, 5.41) is 9.26. The van der Waals surface area contributed by atoms with Gasteiger partial charge in [0.05, 0.1) is 6.54 Å². The molecule has 0 aromatic rings. The molecule has 0 aliphatic rings. The summed E-state index contributed by atoms with van der Waals surface area (Å²) in [6.07, 6.45) is 0.414. The number of ether oxygens (including phenoxy) is 1. The highest BCUT2D eigenvalue weighted by Crippen LogP contribution is 2.09. The first-order valence-corrected chi connectivity index (χ1v) is 8.64. The number of carbonyl (C=O) groups excluding carboxylic acids is 1. The molecule has 1 amide bonds. The highest BCUT2D eigenvalue weighted by atomic mass is 16.6. The first-order chi connectivity index (χ1) is 11.0. The normalized spacial score (nSPS) is 13.0. The first kappa shape index (κ1) is 22.5. The standard InChI is InChI=1S/C17H37N5O2/c1-9-18-14(21-13-17(5,6)22(7)8)19-11-10-12-20-15(23)24-16(2,3)4/h9-13H2,1-8H3,(H,20,23)(H2,18,19,21). The molecule has 0 spiro atoms. The van der Waals surface area contributed by atoms with Gasteiger partial charge in [0.1, 0.15) is 5.60 Å². The number of rotatable bonds is 8. The van der Waals surface area contributed by atoms with Gasteiger partial charge in [0.15, 0.2) is 5.96 Å². The lowest BCUT2D eigenvalue weighted by Crippen LogP contribution is -2.44. The average molecular weight is 344 g/mol. The van der Waals surface area contributed by atoms with Crippen LogP contribution in [0.15, 0.2) is 4.99 Å². The minimum Gasteiger partial charge on any atom is -0.444 e. The van der Waals surface area contributed by atoms with Gasteiger partial charge >= 0.3 is 6.09 Å². The van der Waals surface area contributed by atoms with Gasteiger partial charge in [-0.15, -0.1) is 0 Å². The minimum atomic E-state index is -0.466. The van der Waals surface area contributed by atoms with Crippen LogP contribution in [0.5, 0.6) is 0 Å². The quantitative estimate of drug-likeness (QED) is 0.356. The van der Waals surface area contributed by atoms with Gasteiger partial charge < -0.3 is 25.6 Å². The van der Waals surface area contributed by atoms with Crippen molar-refractivity contribution in [3.8, 4) is 0 Å². The average Bonchev–Trinajstić information content (AvgIpc) is 2.42. The Labute approximate surface area is 147 Å². The van der Waals surface area contributed by atoms with Gasteiger partial charge in [-0.05, 0) is 62.1 Å². The number of hydrogen-bond donors (Lipinski definition) is 3. The van der Waals surface area contributed by atoms with E-state index in [-0.39, 0.29) is 11.6 Å². The van der Waals surface area contributed by atoms with Crippen LogP contribution in [0.3, 0.4) is 0 Å². The van der Waals surface area contributed by atoms with Crippen molar-refractivity contribution in [2.24, 2.45) is 4.99 Å². The number of carbonyl (C=O) groups is 1. The van der Waals surface area contributed by atoms with Crippen LogP contribution in [-0.2, 0) is 4.74 Å². The lowest BCUT2D eigenvalue weighted by molar-refractivity contribution is 0.0527. The molecule has 0 saturated carbocycles. The zero-order valence-corrected chi connectivity index (χ0v) is 16.7. The molecule has 142 valence electrons. The molecule has 24 heavy (non-hydrogen) atoms. The van der Waals surface area contributed by atoms with Crippen molar-refractivity contribution in [1.29, 1.82) is 0 Å². The van der Waals surface area contributed by atoms with Crippen LogP contribution in [0.1, 0.15) is 48.0 Å². The molecule has 0 bridgehead atoms. The van der Waals surface area contributed by atoms with E-state index >= 15 is 0 Å². The number of amides is 1. The Balaban J connectivity index is 4.16. The SMILES string of the molecule is CCNC(=NCC(C)(C)N(C)C)NCCCNC(=O)OC(C)(C)C. The summed E-state index contributed by atoms with van der Waals surface area (Å²) in [6.45, 7) is 14.7. The van der Waals surface area contributed by atoms with Gasteiger partial charge in [0.25, 0.3) is 0 Å². The highest BCUT2D eigenvalue weighted by molar-refractivity contribution is 5.79. The summed E-state index contributed by atoms with van der Waals surface area (Å²) >= 11 is 0. The van der Waals surface area contributed by atoms with Gasteiger partial charge in [-0.1, -0.05) is 0 Å². The molecule has 0 aromatic heterocycles. The van der Waals surface area contributed by atoms with E-state index in [4.69, 9.17) is 4.74 Å². The maximum Gasteiger partial charge on any atom is 0.407 e. The minimum absolute atomic E-state index is 0.000616. The molecule has 0 radical (unpaired) electrons. The molecular weight excluding hydrogens is 306 g/mol. The zero-order valence-electron chi connectivity index (χ0n) is 16.7. The van der Waals surface area contributed by atoms with Crippen LogP contribution in [0.4, 0.5) is 4.79 Å². The van der Waals surface area contributed by atoms with Crippen LogP contribution in [0.2, 0.25) is 0 Å². The number of likely N-dealkylation sites (N-methyl/N-ethyl adjacent to an activating group) is 1. The largest absolute Gasteiger partial charge is 0.444 e. The second-order valence-corrected chi connectivity index (χ2v) is 7.61. The van der Waals surface area contributed by atoms with E-state index in [0.717, 1.165) is 25.5 Å². The summed E-state index contributed by atoms with van der Waals surface area (Å²) < 4.78 is 5.19. The Morgan fingerprint density at radius 3 is 2.12 bits per heavy atom. The van der Waals surface area contributed by atoms with Crippen molar-refractivity contribution in [2.45, 2.75) is 59.1 Å². The molecule has 0 unspecified atom stereocenters. The third-order valence-corrected chi connectivity index (χ3v) is 3.49. The van der Waals surface area contributed by atoms with Gasteiger partial charge in [0, 0.05) is 25.2 Å². The zero-order chi connectivity index (χ0) is 18.8. The molecule has 0 rings (SSSR count). The predicted octanol–water partition coefficient (Wildman–Crippen LogP) is 1.80. The fraction of sp³-hybridized carbons (Fsp3) is 0.882. The lowest BCUT2D eigenvalue weighted by Gasteiger charge is -2.31. The van der Waals surface area contributed by atoms with Crippen molar-refractivity contribution < 1.29 is 9.53 Å². The maximum absolute atomic E-state index is 11.5. The van der Waals surface area contributed by atoms with Crippen LogP contribution in [0, 0.1) is 0 Å². The van der Waals surface area contributed by atoms with E-state index < -0.39 is 5.60 Å². The Morgan fingerprint density at radius 1 is 1.04 bits per heavy atom. The van der Waals surface area contributed by atoms with Crippen molar-refractivity contribution in [3.63, 3.8) is 0 Å². The lowest BCUT2D eigenvalue weighted by atomic mass is 10.1. The van der Waals surface area contributed by atoms with E-state index in [1.807, 2.05) is 27.7 Å². The topological polar surface area (TPSA) is 78.0 Å². The third kappa shape index (κ3) is 11.1. The van der Waals surface area contributed by atoms with E-state index in [2.05, 4.69) is 53.8 Å². The second kappa shape index (κ2) is 10.4. The highest BCUT2D eigenvalue weighted by Gasteiger charge is 2.20. The molecule has 7 nitrogen and oxygen atoms in total. The van der Waals surface area contributed by atoms with E-state index in [1.54, 1.807) is 0 Å². The molecule has 7 heteroatoms. The number of nitrogens with zero attached hydrogens (tertiary/aromatic N) is 2. The monoisotopic (exact) mass is 343 g/mol. The number of alkyl carbamates (subject to hydrolysis) is 1. The number of hydrogen-bond acceptors (Lipinski definition) is 4. The number of aliphatic imine (C=N–C) groups is 1. The molecule has 0 atom stereocenters. The molecule has 3 N–H and O–H groups in total. The van der Waals surface area contributed by atoms with Crippen molar-refractivity contribution >= 4 is 12.1 Å². The first-order valence-electron chi connectivity index (χ1n) is 8.64. The van der Waals surface area contributed by atoms with Crippen LogP contribution in [0.25, 0.3) is 0 Å². The van der Waals surface area contributed by atoms with Crippen LogP contribution in [-0.4, -0.2) is 68.4 Å². The van der Waals surface area contributed by atoms with Gasteiger partial charge in [-0.3, -0.25) is 4.99 Å². The Morgan fingerprint density at radius 2 is 1.62 bits per heavy atom. The smallest absolute Gasteiger partial charge is 0.407 e. The molecule has 0 fully saturated rings. The maximum atomic E-state index is 11.5. The molecular formula is C17H37N5O2. The number of guanidine groups is 1. The Hall–Kier alpha value is -1.50. The van der Waals surface area contributed by atoms with Crippen molar-refractivity contribution in [1.82, 2.24) is 20.9 Å².